The lowest BCUT2D eigenvalue weighted by atomic mass is 10.5. The standard InChI is InChI=1S/C7H7BrN4/c1-9-7-10-6-4-5(8)2-3-12(6)11-7/h2-4H,1H3,(H,9,11). The van der Waals surface area contributed by atoms with Gasteiger partial charge in [0, 0.05) is 17.7 Å². The van der Waals surface area contributed by atoms with Crippen LogP contribution in [0.25, 0.3) is 5.65 Å². The number of pyridine rings is 1. The molecule has 0 bridgehead atoms. The third-order valence-electron chi connectivity index (χ3n) is 1.52. The molecule has 0 aliphatic heterocycles. The van der Waals surface area contributed by atoms with Crippen LogP contribution in [0.4, 0.5) is 5.95 Å². The lowest BCUT2D eigenvalue weighted by Crippen LogP contribution is -1.90. The molecule has 0 saturated heterocycles. The Labute approximate surface area is 77.7 Å². The number of nitrogens with zero attached hydrogens (tertiary/aromatic N) is 3. The Morgan fingerprint density at radius 3 is 3.17 bits per heavy atom. The van der Waals surface area contributed by atoms with E-state index in [1.807, 2.05) is 18.3 Å². The van der Waals surface area contributed by atoms with Gasteiger partial charge in [0.25, 0.3) is 0 Å². The number of aromatic nitrogens is 3. The van der Waals surface area contributed by atoms with Crippen molar-refractivity contribution in [2.75, 3.05) is 12.4 Å². The summed E-state index contributed by atoms with van der Waals surface area (Å²) in [6.45, 7) is 0. The number of hydrogen-bond donors (Lipinski definition) is 1. The van der Waals surface area contributed by atoms with Gasteiger partial charge in [-0.3, -0.25) is 0 Å². The van der Waals surface area contributed by atoms with Gasteiger partial charge >= 0.3 is 0 Å². The molecule has 2 aromatic heterocycles. The van der Waals surface area contributed by atoms with Gasteiger partial charge in [0.2, 0.25) is 5.95 Å². The summed E-state index contributed by atoms with van der Waals surface area (Å²) in [7, 11) is 1.80. The fourth-order valence-corrected chi connectivity index (χ4v) is 1.29. The topological polar surface area (TPSA) is 42.2 Å². The highest BCUT2D eigenvalue weighted by atomic mass is 79.9. The molecule has 4 nitrogen and oxygen atoms in total. The molecule has 0 radical (unpaired) electrons. The van der Waals surface area contributed by atoms with Crippen molar-refractivity contribution in [3.63, 3.8) is 0 Å². The molecular weight excluding hydrogens is 220 g/mol. The van der Waals surface area contributed by atoms with Gasteiger partial charge < -0.3 is 5.32 Å². The van der Waals surface area contributed by atoms with Gasteiger partial charge in [0.15, 0.2) is 5.65 Å². The second kappa shape index (κ2) is 2.75. The van der Waals surface area contributed by atoms with Crippen LogP contribution in [0.15, 0.2) is 22.8 Å². The summed E-state index contributed by atoms with van der Waals surface area (Å²) in [4.78, 5) is 4.20. The van der Waals surface area contributed by atoms with Gasteiger partial charge in [-0.1, -0.05) is 15.9 Å². The van der Waals surface area contributed by atoms with Crippen molar-refractivity contribution in [1.82, 2.24) is 14.6 Å². The molecule has 1 N–H and O–H groups in total. The molecule has 0 aliphatic rings. The molecule has 0 atom stereocenters. The Morgan fingerprint density at radius 2 is 2.42 bits per heavy atom. The van der Waals surface area contributed by atoms with Crippen molar-refractivity contribution in [2.24, 2.45) is 0 Å². The minimum Gasteiger partial charge on any atom is -0.356 e. The lowest BCUT2D eigenvalue weighted by molar-refractivity contribution is 0.961. The highest BCUT2D eigenvalue weighted by Gasteiger charge is 2.00. The Hall–Kier alpha value is -1.10. The molecule has 0 spiro atoms. The van der Waals surface area contributed by atoms with E-state index in [1.54, 1.807) is 11.6 Å². The summed E-state index contributed by atoms with van der Waals surface area (Å²) in [5.41, 5.74) is 0.828. The van der Waals surface area contributed by atoms with Gasteiger partial charge in [-0.05, 0) is 12.1 Å². The predicted octanol–water partition coefficient (Wildman–Crippen LogP) is 1.53. The van der Waals surface area contributed by atoms with E-state index >= 15 is 0 Å². The molecular formula is C7H7BrN4. The maximum atomic E-state index is 4.20. The average molecular weight is 227 g/mol. The van der Waals surface area contributed by atoms with Crippen LogP contribution in [0, 0.1) is 0 Å². The largest absolute Gasteiger partial charge is 0.356 e. The summed E-state index contributed by atoms with van der Waals surface area (Å²) >= 11 is 3.36. The van der Waals surface area contributed by atoms with Crippen molar-refractivity contribution in [3.05, 3.63) is 22.8 Å². The predicted molar refractivity (Wildman–Crippen MR) is 50.2 cm³/mol. The van der Waals surface area contributed by atoms with Gasteiger partial charge in [0.1, 0.15) is 0 Å². The van der Waals surface area contributed by atoms with Crippen LogP contribution in [0.2, 0.25) is 0 Å². The Balaban J connectivity index is 2.67. The summed E-state index contributed by atoms with van der Waals surface area (Å²) in [6.07, 6.45) is 1.85. The van der Waals surface area contributed by atoms with Crippen LogP contribution >= 0.6 is 15.9 Å². The molecule has 2 heterocycles. The van der Waals surface area contributed by atoms with E-state index in [1.165, 1.54) is 0 Å². The zero-order chi connectivity index (χ0) is 8.55. The summed E-state index contributed by atoms with van der Waals surface area (Å²) in [5.74, 6) is 0.633. The Bertz CT molecular complexity index is 409. The lowest BCUT2D eigenvalue weighted by Gasteiger charge is -1.89. The molecule has 0 amide bonds. The molecule has 0 aromatic carbocycles. The summed E-state index contributed by atoms with van der Waals surface area (Å²) < 4.78 is 2.72. The average Bonchev–Trinajstić information content (AvgIpc) is 2.46. The van der Waals surface area contributed by atoms with Gasteiger partial charge in [-0.15, -0.1) is 5.10 Å². The zero-order valence-electron chi connectivity index (χ0n) is 6.45. The fraction of sp³-hybridized carbons (Fsp3) is 0.143. The van der Waals surface area contributed by atoms with Crippen LogP contribution in [-0.4, -0.2) is 21.6 Å². The normalized spacial score (nSPS) is 10.5. The van der Waals surface area contributed by atoms with Gasteiger partial charge in [-0.25, -0.2) is 4.52 Å². The van der Waals surface area contributed by atoms with Crippen LogP contribution in [0.1, 0.15) is 0 Å². The highest BCUT2D eigenvalue weighted by molar-refractivity contribution is 9.10. The van der Waals surface area contributed by atoms with Crippen molar-refractivity contribution >= 4 is 27.5 Å². The van der Waals surface area contributed by atoms with E-state index in [9.17, 15) is 0 Å². The minimum atomic E-state index is 0.633. The quantitative estimate of drug-likeness (QED) is 0.803. The fourth-order valence-electron chi connectivity index (χ4n) is 0.963. The first kappa shape index (κ1) is 7.54. The number of fused-ring (bicyclic) bond motifs is 1. The number of hydrogen-bond acceptors (Lipinski definition) is 3. The molecule has 0 saturated carbocycles. The van der Waals surface area contributed by atoms with Crippen molar-refractivity contribution in [3.8, 4) is 0 Å². The van der Waals surface area contributed by atoms with E-state index in [2.05, 4.69) is 31.3 Å². The monoisotopic (exact) mass is 226 g/mol. The van der Waals surface area contributed by atoms with Gasteiger partial charge in [-0.2, -0.15) is 4.98 Å². The van der Waals surface area contributed by atoms with Crippen LogP contribution in [0.5, 0.6) is 0 Å². The van der Waals surface area contributed by atoms with E-state index in [0.29, 0.717) is 5.95 Å². The highest BCUT2D eigenvalue weighted by Crippen LogP contribution is 2.12. The third kappa shape index (κ3) is 1.16. The Kier molecular flexibility index (Phi) is 1.73. The first-order valence-electron chi connectivity index (χ1n) is 3.49. The third-order valence-corrected chi connectivity index (χ3v) is 2.02. The number of nitrogens with one attached hydrogen (secondary N) is 1. The SMILES string of the molecule is CNc1nc2cc(Br)ccn2n1. The number of anilines is 1. The van der Waals surface area contributed by atoms with Crippen LogP contribution in [-0.2, 0) is 0 Å². The first-order valence-corrected chi connectivity index (χ1v) is 4.28. The molecule has 0 aliphatic carbocycles. The summed E-state index contributed by atoms with van der Waals surface area (Å²) in [6, 6.07) is 3.83. The molecule has 2 aromatic rings. The maximum Gasteiger partial charge on any atom is 0.242 e. The maximum absolute atomic E-state index is 4.20. The van der Waals surface area contributed by atoms with Crippen molar-refractivity contribution in [2.45, 2.75) is 0 Å². The van der Waals surface area contributed by atoms with E-state index in [4.69, 9.17) is 0 Å². The summed E-state index contributed by atoms with van der Waals surface area (Å²) in [5, 5.41) is 7.02. The van der Waals surface area contributed by atoms with Crippen LogP contribution in [0.3, 0.4) is 0 Å². The smallest absolute Gasteiger partial charge is 0.242 e. The van der Waals surface area contributed by atoms with Crippen molar-refractivity contribution < 1.29 is 0 Å². The first-order chi connectivity index (χ1) is 5.79. The zero-order valence-corrected chi connectivity index (χ0v) is 8.04. The number of rotatable bonds is 1. The second-order valence-corrected chi connectivity index (χ2v) is 3.25. The molecule has 12 heavy (non-hydrogen) atoms. The minimum absolute atomic E-state index is 0.633. The molecule has 0 fully saturated rings. The van der Waals surface area contributed by atoms with Crippen LogP contribution < -0.4 is 5.32 Å². The number of halogens is 1. The van der Waals surface area contributed by atoms with Crippen molar-refractivity contribution in [1.29, 1.82) is 0 Å². The molecule has 5 heteroatoms. The van der Waals surface area contributed by atoms with Gasteiger partial charge in [0.05, 0.1) is 0 Å². The molecule has 62 valence electrons. The molecule has 0 unspecified atom stereocenters. The Morgan fingerprint density at radius 1 is 1.58 bits per heavy atom. The molecule has 2 rings (SSSR count). The second-order valence-electron chi connectivity index (χ2n) is 2.33. The van der Waals surface area contributed by atoms with E-state index < -0.39 is 0 Å². The van der Waals surface area contributed by atoms with E-state index in [-0.39, 0.29) is 0 Å². The van der Waals surface area contributed by atoms with E-state index in [0.717, 1.165) is 10.1 Å².